The van der Waals surface area contributed by atoms with Gasteiger partial charge < -0.3 is 13.1 Å². The first-order chi connectivity index (χ1) is 3.73. The molecule has 0 saturated carbocycles. The Morgan fingerprint density at radius 1 is 1.18 bits per heavy atom. The zero-order valence-electron chi connectivity index (χ0n) is 7.85. The molecule has 0 aromatic rings. The Hall–Kier alpha value is 1.79. The normalized spacial score (nSPS) is 7.36. The monoisotopic (exact) mass is 246 g/mol. The van der Waals surface area contributed by atoms with Crippen molar-refractivity contribution in [3.63, 3.8) is 0 Å². The molecule has 0 saturated heterocycles. The third-order valence-corrected chi connectivity index (χ3v) is 0. The van der Waals surface area contributed by atoms with E-state index in [0.29, 0.717) is 0 Å². The summed E-state index contributed by atoms with van der Waals surface area (Å²) >= 11 is -5.38. The Labute approximate surface area is 131 Å². The van der Waals surface area contributed by atoms with Gasteiger partial charge in [-0.15, -0.1) is 0 Å². The van der Waals surface area contributed by atoms with Crippen LogP contribution in [0.15, 0.2) is 0 Å². The fraction of sp³-hybridized carbons (Fsp3) is 0. The molecule has 0 spiro atoms. The van der Waals surface area contributed by atoms with Gasteiger partial charge in [0.25, 0.3) is 0 Å². The summed E-state index contributed by atoms with van der Waals surface area (Å²) < 4.78 is 33.1. The molecule has 0 heterocycles. The van der Waals surface area contributed by atoms with Crippen LogP contribution in [0, 0.1) is 0 Å². The van der Waals surface area contributed by atoms with Gasteiger partial charge in [-0.25, -0.2) is 4.79 Å². The molecule has 11 heavy (non-hydrogen) atoms. The zero-order chi connectivity index (χ0) is 8.08. The summed E-state index contributed by atoms with van der Waals surface area (Å²) in [5.74, 6) is 0. The van der Waals surface area contributed by atoms with Crippen molar-refractivity contribution in [1.82, 2.24) is 0 Å². The minimum absolute atomic E-state index is 0. The molecule has 7 nitrogen and oxygen atoms in total. The van der Waals surface area contributed by atoms with Crippen molar-refractivity contribution in [2.24, 2.45) is 0 Å². The van der Waals surface area contributed by atoms with Crippen LogP contribution in [0.3, 0.4) is 0 Å². The van der Waals surface area contributed by atoms with Crippen LogP contribution in [-0.2, 0) is 24.5 Å². The van der Waals surface area contributed by atoms with Gasteiger partial charge in [-0.05, 0) is 0 Å². The Kier molecular flexibility index (Phi) is 24.7. The van der Waals surface area contributed by atoms with E-state index in [-0.39, 0.29) is 83.8 Å². The molecule has 0 aliphatic heterocycles. The number of hydrogen-bond donors (Lipinski definition) is 3. The Morgan fingerprint density at radius 2 is 1.18 bits per heavy atom. The average Bonchev–Trinajstić information content (AvgIpc) is 1.19. The molecule has 0 radical (unpaired) electrons. The molecular weight excluding hydrogens is 241 g/mol. The summed E-state index contributed by atoms with van der Waals surface area (Å²) in [4.78, 5) is 8.56. The van der Waals surface area contributed by atoms with Crippen molar-refractivity contribution in [3.8, 4) is 0 Å². The van der Waals surface area contributed by atoms with Gasteiger partial charge in [-0.1, -0.05) is 0 Å². The van der Waals surface area contributed by atoms with E-state index in [9.17, 15) is 0 Å². The van der Waals surface area contributed by atoms with Crippen LogP contribution in [0.25, 0.3) is 0 Å². The van der Waals surface area contributed by atoms with E-state index in [0.717, 1.165) is 0 Å². The number of carbonyl (C=O) groups is 1. The molecule has 0 bridgehead atoms. The van der Waals surface area contributed by atoms with Crippen LogP contribution >= 0.6 is 0 Å². The van der Waals surface area contributed by atoms with Gasteiger partial charge in [0.2, 0.25) is 0 Å². The standard InChI is InChI=1S/CH2O3.K.Mn.Na.H2O.3O.2H/c2-1(3)4;;;;;;;;;/h(H2,2,3,4);;;;1H2;;;;;/q;3*+1;;;;;2*-1/p-1. The minimum atomic E-state index is -5.38. The van der Waals surface area contributed by atoms with Crippen LogP contribution < -0.4 is 80.9 Å². The maximum absolute atomic E-state index is 8.69. The fourth-order valence-corrected chi connectivity index (χ4v) is 0. The molecule has 0 aliphatic carbocycles. The summed E-state index contributed by atoms with van der Waals surface area (Å²) in [5.41, 5.74) is 0. The zero-order valence-corrected chi connectivity index (χ0v) is 12.2. The molecular formula is CH5KMnNaO7. The van der Waals surface area contributed by atoms with Crippen molar-refractivity contribution < 1.29 is 127 Å². The van der Waals surface area contributed by atoms with Crippen molar-refractivity contribution >= 4 is 6.16 Å². The summed E-state index contributed by atoms with van der Waals surface area (Å²) in [6.07, 6.45) is -1.83. The Bertz CT molecular complexity index is 212. The second-order valence-electron chi connectivity index (χ2n) is 0.679. The van der Waals surface area contributed by atoms with Crippen molar-refractivity contribution in [2.75, 3.05) is 0 Å². The second kappa shape index (κ2) is 11.8. The van der Waals surface area contributed by atoms with Crippen LogP contribution in [0.1, 0.15) is 2.85 Å². The third-order valence-electron chi connectivity index (χ3n) is 0. The topological polar surface area (TPSA) is 129 Å². The van der Waals surface area contributed by atoms with Crippen molar-refractivity contribution in [3.05, 3.63) is 0 Å². The molecule has 0 amide bonds. The van der Waals surface area contributed by atoms with Crippen LogP contribution in [0.4, 0.5) is 4.79 Å². The molecule has 3 N–H and O–H groups in total. The van der Waals surface area contributed by atoms with E-state index in [1.165, 1.54) is 0 Å². The van der Waals surface area contributed by atoms with E-state index >= 15 is 0 Å². The third kappa shape index (κ3) is 354. The molecule has 10 heteroatoms. The first-order valence-corrected chi connectivity index (χ1v) is 3.26. The summed E-state index contributed by atoms with van der Waals surface area (Å²) in [5, 5.41) is 13.9. The average molecular weight is 246 g/mol. The maximum atomic E-state index is 8.69. The van der Waals surface area contributed by atoms with Crippen LogP contribution in [0.5, 0.6) is 0 Å². The first-order valence-electron chi connectivity index (χ1n) is 1.28. The number of hydrogen-bond acceptors (Lipinski definition) is 4. The fourth-order valence-electron chi connectivity index (χ4n) is 0. The van der Waals surface area contributed by atoms with E-state index in [2.05, 4.69) is 0 Å². The Morgan fingerprint density at radius 3 is 1.18 bits per heavy atom. The van der Waals surface area contributed by atoms with Gasteiger partial charge in [-0.3, -0.25) is 0 Å². The van der Waals surface area contributed by atoms with Crippen LogP contribution in [-0.4, -0.2) is 20.6 Å². The van der Waals surface area contributed by atoms with Crippen molar-refractivity contribution in [1.29, 1.82) is 0 Å². The van der Waals surface area contributed by atoms with E-state index < -0.39 is 19.1 Å². The molecule has 0 unspecified atom stereocenters. The number of carboxylic acid groups (broad SMARTS) is 2. The predicted octanol–water partition coefficient (Wildman–Crippen LogP) is -6.46. The van der Waals surface area contributed by atoms with Crippen LogP contribution in [0.2, 0.25) is 0 Å². The molecule has 0 aromatic carbocycles. The van der Waals surface area contributed by atoms with Gasteiger partial charge in [0.05, 0.1) is 0 Å². The van der Waals surface area contributed by atoms with Gasteiger partial charge >= 0.3 is 116 Å². The molecule has 0 fully saturated rings. The van der Waals surface area contributed by atoms with Gasteiger partial charge in [0.15, 0.2) is 0 Å². The van der Waals surface area contributed by atoms with Gasteiger partial charge in [0.1, 0.15) is 0 Å². The first kappa shape index (κ1) is 23.0. The molecule has 60 valence electrons. The molecule has 0 atom stereocenters. The second-order valence-corrected chi connectivity index (χ2v) is 1.92. The molecule has 0 aliphatic rings. The quantitative estimate of drug-likeness (QED) is 0.362. The summed E-state index contributed by atoms with van der Waals surface area (Å²) in [6.45, 7) is 0. The predicted molar refractivity (Wildman–Crippen MR) is 17.2 cm³/mol. The number of rotatable bonds is 0. The molecule has 0 rings (SSSR count). The summed E-state index contributed by atoms with van der Waals surface area (Å²) in [6, 6.07) is 0. The van der Waals surface area contributed by atoms with E-state index in [4.69, 9.17) is 30.7 Å². The molecule has 0 aromatic heterocycles. The van der Waals surface area contributed by atoms with E-state index in [1.807, 2.05) is 0 Å². The SMILES string of the molecule is O=C(O)O.[H-].[H-].[K+].[Na+].[O]=[Mn](=[O])(=[O])[OH]. The Balaban J connectivity index is -0.0000000146. The van der Waals surface area contributed by atoms with Gasteiger partial charge in [0, 0.05) is 0 Å². The summed E-state index contributed by atoms with van der Waals surface area (Å²) in [7, 11) is 0. The van der Waals surface area contributed by atoms with E-state index in [1.54, 1.807) is 0 Å². The van der Waals surface area contributed by atoms with Gasteiger partial charge in [-0.2, -0.15) is 0 Å². The van der Waals surface area contributed by atoms with Crippen molar-refractivity contribution in [2.45, 2.75) is 0 Å².